The van der Waals surface area contributed by atoms with E-state index in [2.05, 4.69) is 104 Å². The molecule has 0 fully saturated rings. The Balaban J connectivity index is 4.06. The van der Waals surface area contributed by atoms with Gasteiger partial charge in [-0.05, 0) is 120 Å². The van der Waals surface area contributed by atoms with Gasteiger partial charge in [0.1, 0.15) is 0 Å². The fourth-order valence-corrected chi connectivity index (χ4v) is 3.41. The molecule has 32 heavy (non-hydrogen) atoms. The molecule has 0 unspecified atom stereocenters. The Kier molecular flexibility index (Phi) is 18.7. The van der Waals surface area contributed by atoms with Crippen LogP contribution in [-0.4, -0.2) is 0 Å². The molecular formula is C32H52. The first-order valence-electron chi connectivity index (χ1n) is 12.7. The van der Waals surface area contributed by atoms with Gasteiger partial charge in [0.25, 0.3) is 0 Å². The van der Waals surface area contributed by atoms with Crippen molar-refractivity contribution in [2.75, 3.05) is 0 Å². The van der Waals surface area contributed by atoms with Gasteiger partial charge in [0.2, 0.25) is 0 Å². The van der Waals surface area contributed by atoms with Gasteiger partial charge in [-0.15, -0.1) is 0 Å². The van der Waals surface area contributed by atoms with Crippen molar-refractivity contribution < 1.29 is 0 Å². The van der Waals surface area contributed by atoms with E-state index in [0.29, 0.717) is 0 Å². The second-order valence-corrected chi connectivity index (χ2v) is 9.86. The minimum atomic E-state index is 1.05. The predicted octanol–water partition coefficient (Wildman–Crippen LogP) is 11.2. The van der Waals surface area contributed by atoms with Crippen LogP contribution in [0.4, 0.5) is 0 Å². The zero-order chi connectivity index (χ0) is 24.2. The summed E-state index contributed by atoms with van der Waals surface area (Å²) in [4.78, 5) is 0. The van der Waals surface area contributed by atoms with E-state index >= 15 is 0 Å². The Bertz CT molecular complexity index is 643. The molecular weight excluding hydrogens is 384 g/mol. The molecule has 0 heterocycles. The Morgan fingerprint density at radius 1 is 0.375 bits per heavy atom. The molecule has 0 rings (SSSR count). The second-order valence-electron chi connectivity index (χ2n) is 9.86. The van der Waals surface area contributed by atoms with E-state index < -0.39 is 0 Å². The third-order valence-corrected chi connectivity index (χ3v) is 5.62. The summed E-state index contributed by atoms with van der Waals surface area (Å²) >= 11 is 0. The van der Waals surface area contributed by atoms with Gasteiger partial charge in [-0.25, -0.2) is 0 Å². The molecule has 0 radical (unpaired) electrons. The molecule has 0 aliphatic carbocycles. The van der Waals surface area contributed by atoms with Crippen molar-refractivity contribution in [3.8, 4) is 0 Å². The molecule has 180 valence electrons. The summed E-state index contributed by atoms with van der Waals surface area (Å²) < 4.78 is 0. The minimum Gasteiger partial charge on any atom is -0.0856 e. The van der Waals surface area contributed by atoms with Crippen molar-refractivity contribution in [1.29, 1.82) is 0 Å². The molecule has 0 aliphatic rings. The summed E-state index contributed by atoms with van der Waals surface area (Å²) in [5.41, 5.74) is 8.88. The Morgan fingerprint density at radius 2 is 0.656 bits per heavy atom. The van der Waals surface area contributed by atoms with Crippen molar-refractivity contribution >= 4 is 0 Å². The van der Waals surface area contributed by atoms with E-state index in [4.69, 9.17) is 0 Å². The van der Waals surface area contributed by atoms with Crippen molar-refractivity contribution in [3.05, 3.63) is 82.0 Å². The van der Waals surface area contributed by atoms with E-state index in [1.165, 1.54) is 72.0 Å². The van der Waals surface area contributed by atoms with Gasteiger partial charge in [0, 0.05) is 0 Å². The quantitative estimate of drug-likeness (QED) is 0.211. The maximum absolute atomic E-state index is 2.42. The fraction of sp³-hybridized carbons (Fsp3) is 0.562. The van der Waals surface area contributed by atoms with Crippen LogP contribution in [0.5, 0.6) is 0 Å². The van der Waals surface area contributed by atoms with Crippen LogP contribution in [0.1, 0.15) is 120 Å². The van der Waals surface area contributed by atoms with Crippen molar-refractivity contribution in [3.63, 3.8) is 0 Å². The first-order chi connectivity index (χ1) is 15.2. The molecule has 0 bridgehead atoms. The van der Waals surface area contributed by atoms with Crippen LogP contribution < -0.4 is 0 Å². The van der Waals surface area contributed by atoms with Gasteiger partial charge >= 0.3 is 0 Å². The molecule has 0 aromatic heterocycles. The molecule has 0 aliphatic heterocycles. The summed E-state index contributed by atoms with van der Waals surface area (Å²) in [5.74, 6) is 0. The smallest absolute Gasteiger partial charge is 0.0166 e. The summed E-state index contributed by atoms with van der Waals surface area (Å²) in [6, 6.07) is 0. The second kappa shape index (κ2) is 19.8. The molecule has 0 aromatic rings. The summed E-state index contributed by atoms with van der Waals surface area (Å²) in [5, 5.41) is 0. The maximum Gasteiger partial charge on any atom is -0.0166 e. The zero-order valence-corrected chi connectivity index (χ0v) is 22.7. The summed E-state index contributed by atoms with van der Waals surface area (Å²) in [6.07, 6.45) is 30.4. The molecule has 0 spiro atoms. The van der Waals surface area contributed by atoms with Crippen LogP contribution in [0.15, 0.2) is 82.0 Å². The van der Waals surface area contributed by atoms with Gasteiger partial charge < -0.3 is 0 Å². The van der Waals surface area contributed by atoms with Gasteiger partial charge in [-0.1, -0.05) is 82.0 Å². The molecule has 0 nitrogen and oxygen atoms in total. The lowest BCUT2D eigenvalue weighted by Crippen LogP contribution is -1.81. The van der Waals surface area contributed by atoms with Crippen molar-refractivity contribution in [2.45, 2.75) is 120 Å². The molecule has 0 heteroatoms. The summed E-state index contributed by atoms with van der Waals surface area (Å²) in [7, 11) is 0. The van der Waals surface area contributed by atoms with E-state index in [1.807, 2.05) is 0 Å². The lowest BCUT2D eigenvalue weighted by Gasteiger charge is -2.01. The average molecular weight is 437 g/mol. The highest BCUT2D eigenvalue weighted by Crippen LogP contribution is 2.13. The van der Waals surface area contributed by atoms with Gasteiger partial charge in [-0.3, -0.25) is 0 Å². The highest BCUT2D eigenvalue weighted by molar-refractivity contribution is 5.09. The van der Waals surface area contributed by atoms with Gasteiger partial charge in [-0.2, -0.15) is 0 Å². The van der Waals surface area contributed by atoms with E-state index in [-0.39, 0.29) is 0 Å². The zero-order valence-electron chi connectivity index (χ0n) is 22.7. The Labute approximate surface area is 201 Å². The molecule has 0 saturated carbocycles. The molecule has 0 amide bonds. The molecule has 0 atom stereocenters. The monoisotopic (exact) mass is 436 g/mol. The minimum absolute atomic E-state index is 1.05. The Hall–Kier alpha value is -1.82. The number of hydrogen-bond acceptors (Lipinski definition) is 0. The van der Waals surface area contributed by atoms with Crippen LogP contribution in [0.2, 0.25) is 0 Å². The number of rotatable bonds is 16. The first kappa shape index (κ1) is 30.2. The van der Waals surface area contributed by atoms with Crippen LogP contribution in [0, 0.1) is 0 Å². The van der Waals surface area contributed by atoms with Crippen LogP contribution in [0.25, 0.3) is 0 Å². The van der Waals surface area contributed by atoms with E-state index in [1.54, 1.807) is 0 Å². The maximum atomic E-state index is 2.42. The lowest BCUT2D eigenvalue weighted by atomic mass is 10.1. The topological polar surface area (TPSA) is 0 Å². The normalized spacial score (nSPS) is 13.6. The summed E-state index contributed by atoms with van der Waals surface area (Å²) in [6.45, 7) is 17.8. The van der Waals surface area contributed by atoms with E-state index in [9.17, 15) is 0 Å². The van der Waals surface area contributed by atoms with Crippen molar-refractivity contribution in [1.82, 2.24) is 0 Å². The predicted molar refractivity (Wildman–Crippen MR) is 149 cm³/mol. The molecule has 0 saturated heterocycles. The first-order valence-corrected chi connectivity index (χ1v) is 12.7. The third kappa shape index (κ3) is 21.4. The van der Waals surface area contributed by atoms with Gasteiger partial charge in [0.05, 0.1) is 0 Å². The highest BCUT2D eigenvalue weighted by atomic mass is 14.0. The lowest BCUT2D eigenvalue weighted by molar-refractivity contribution is 0.914. The molecule has 0 aromatic carbocycles. The average Bonchev–Trinajstić information content (AvgIpc) is 2.70. The van der Waals surface area contributed by atoms with Crippen molar-refractivity contribution in [2.24, 2.45) is 0 Å². The standard InChI is InChI=1S/C32H52/c1-27(2)17-13-21-31(7)25-15-23-29(5)19-11-9-10-12-20-30(6)24-16-26-32(8)22-14-18-28(3)4/h9-10,17-20,25-26H,11-16,21-24H2,1-8H3/b10-9+,29-19?,30-20?,31-25+,32-26+. The largest absolute Gasteiger partial charge is 0.0856 e. The Morgan fingerprint density at radius 3 is 0.969 bits per heavy atom. The fourth-order valence-electron chi connectivity index (χ4n) is 3.41. The van der Waals surface area contributed by atoms with Crippen LogP contribution >= 0.6 is 0 Å². The third-order valence-electron chi connectivity index (χ3n) is 5.62. The van der Waals surface area contributed by atoms with E-state index in [0.717, 1.165) is 25.7 Å². The van der Waals surface area contributed by atoms with Crippen LogP contribution in [-0.2, 0) is 0 Å². The number of allylic oxidation sites excluding steroid dienone is 14. The van der Waals surface area contributed by atoms with Crippen LogP contribution in [0.3, 0.4) is 0 Å². The van der Waals surface area contributed by atoms with Gasteiger partial charge in [0.15, 0.2) is 0 Å². The number of hydrogen-bond donors (Lipinski definition) is 0. The SMILES string of the molecule is CC(C)=CCC/C(C)=C/CCC(C)=CC/C=C/CC=C(C)CC/C=C(\C)CCC=C(C)C. The highest BCUT2D eigenvalue weighted by Gasteiger charge is 1.93. The molecule has 0 N–H and O–H groups in total.